The fourth-order valence-corrected chi connectivity index (χ4v) is 4.64. The van der Waals surface area contributed by atoms with Crippen LogP contribution in [0, 0.1) is 0 Å². The van der Waals surface area contributed by atoms with Crippen molar-refractivity contribution >= 4 is 35.0 Å². The van der Waals surface area contributed by atoms with Gasteiger partial charge in [-0.1, -0.05) is 37.7 Å². The minimum Gasteiger partial charge on any atom is -0.322 e. The van der Waals surface area contributed by atoms with Crippen molar-refractivity contribution in [2.75, 3.05) is 10.2 Å². The highest BCUT2D eigenvalue weighted by Gasteiger charge is 2.45. The van der Waals surface area contributed by atoms with E-state index in [1.807, 2.05) is 31.2 Å². The predicted octanol–water partition coefficient (Wildman–Crippen LogP) is 3.98. The lowest BCUT2D eigenvalue weighted by Crippen LogP contribution is -2.60. The second-order valence-electron chi connectivity index (χ2n) is 8.56. The molecule has 1 aromatic heterocycles. The zero-order chi connectivity index (χ0) is 20.9. The van der Waals surface area contributed by atoms with E-state index in [1.54, 1.807) is 18.7 Å². The van der Waals surface area contributed by atoms with Crippen LogP contribution in [0.1, 0.15) is 65.2 Å². The molecule has 1 aliphatic heterocycles. The van der Waals surface area contributed by atoms with Gasteiger partial charge < -0.3 is 9.88 Å². The SMILES string of the molecule is CC(C)c1nnc(S[C@@H](C)C(=O)N2c3ccccc3NC(=O)C2(C)C)n1C1CC1. The van der Waals surface area contributed by atoms with E-state index >= 15 is 0 Å². The van der Waals surface area contributed by atoms with Gasteiger partial charge in [0.25, 0.3) is 0 Å². The molecule has 2 aromatic rings. The summed E-state index contributed by atoms with van der Waals surface area (Å²) in [5.74, 6) is 0.946. The number of carbonyl (C=O) groups is 2. The summed E-state index contributed by atoms with van der Waals surface area (Å²) >= 11 is 1.42. The normalized spacial score (nSPS) is 19.1. The molecule has 29 heavy (non-hydrogen) atoms. The zero-order valence-corrected chi connectivity index (χ0v) is 18.3. The molecule has 2 heterocycles. The summed E-state index contributed by atoms with van der Waals surface area (Å²) in [5, 5.41) is 12.0. The molecule has 0 unspecified atom stereocenters. The fourth-order valence-electron chi connectivity index (χ4n) is 3.68. The van der Waals surface area contributed by atoms with E-state index in [0.717, 1.165) is 29.5 Å². The van der Waals surface area contributed by atoms with Gasteiger partial charge in [0.05, 0.1) is 16.6 Å². The first-order valence-electron chi connectivity index (χ1n) is 10.1. The Kier molecular flexibility index (Phi) is 4.93. The molecule has 1 saturated carbocycles. The zero-order valence-electron chi connectivity index (χ0n) is 17.5. The van der Waals surface area contributed by atoms with Crippen molar-refractivity contribution in [3.05, 3.63) is 30.1 Å². The molecule has 0 bridgehead atoms. The van der Waals surface area contributed by atoms with Crippen molar-refractivity contribution in [3.63, 3.8) is 0 Å². The number of nitrogens with zero attached hydrogens (tertiary/aromatic N) is 4. The summed E-state index contributed by atoms with van der Waals surface area (Å²) in [7, 11) is 0. The Morgan fingerprint density at radius 1 is 1.21 bits per heavy atom. The molecule has 154 valence electrons. The van der Waals surface area contributed by atoms with Gasteiger partial charge >= 0.3 is 0 Å². The monoisotopic (exact) mass is 413 g/mol. The van der Waals surface area contributed by atoms with Crippen LogP contribution in [0.2, 0.25) is 0 Å². The highest BCUT2D eigenvalue weighted by atomic mass is 32.2. The van der Waals surface area contributed by atoms with Gasteiger partial charge in [-0.2, -0.15) is 0 Å². The van der Waals surface area contributed by atoms with Crippen LogP contribution in [0.25, 0.3) is 0 Å². The van der Waals surface area contributed by atoms with E-state index in [-0.39, 0.29) is 17.7 Å². The molecule has 1 atom stereocenters. The molecule has 1 N–H and O–H groups in total. The van der Waals surface area contributed by atoms with Gasteiger partial charge in [-0.15, -0.1) is 10.2 Å². The molecule has 8 heteroatoms. The molecule has 1 aromatic carbocycles. The summed E-state index contributed by atoms with van der Waals surface area (Å²) in [6.45, 7) is 9.64. The molecular weight excluding hydrogens is 386 g/mol. The average Bonchev–Trinajstić information content (AvgIpc) is 3.42. The van der Waals surface area contributed by atoms with Crippen LogP contribution in [-0.4, -0.2) is 37.4 Å². The van der Waals surface area contributed by atoms with Gasteiger partial charge in [-0.05, 0) is 45.7 Å². The summed E-state index contributed by atoms with van der Waals surface area (Å²) in [4.78, 5) is 27.8. The van der Waals surface area contributed by atoms with Crippen molar-refractivity contribution < 1.29 is 9.59 Å². The molecule has 7 nitrogen and oxygen atoms in total. The molecule has 1 aliphatic carbocycles. The number of rotatable bonds is 5. The van der Waals surface area contributed by atoms with E-state index in [1.165, 1.54) is 11.8 Å². The van der Waals surface area contributed by atoms with E-state index in [4.69, 9.17) is 0 Å². The first-order chi connectivity index (χ1) is 13.7. The summed E-state index contributed by atoms with van der Waals surface area (Å²) < 4.78 is 2.20. The Balaban J connectivity index is 1.64. The van der Waals surface area contributed by atoms with Gasteiger partial charge in [0.1, 0.15) is 11.4 Å². The highest BCUT2D eigenvalue weighted by Crippen LogP contribution is 2.42. The summed E-state index contributed by atoms with van der Waals surface area (Å²) in [5.41, 5.74) is 0.403. The van der Waals surface area contributed by atoms with Crippen molar-refractivity contribution in [1.29, 1.82) is 0 Å². The number of aromatic nitrogens is 3. The molecular formula is C21H27N5O2S. The van der Waals surface area contributed by atoms with E-state index in [9.17, 15) is 9.59 Å². The topological polar surface area (TPSA) is 80.1 Å². The van der Waals surface area contributed by atoms with Gasteiger partial charge in [-0.25, -0.2) is 0 Å². The fraction of sp³-hybridized carbons (Fsp3) is 0.524. The van der Waals surface area contributed by atoms with Crippen molar-refractivity contribution in [2.45, 2.75) is 75.4 Å². The van der Waals surface area contributed by atoms with Crippen LogP contribution >= 0.6 is 11.8 Å². The van der Waals surface area contributed by atoms with Crippen molar-refractivity contribution in [3.8, 4) is 0 Å². The number of amides is 2. The maximum Gasteiger partial charge on any atom is 0.250 e. The summed E-state index contributed by atoms with van der Waals surface area (Å²) in [6, 6.07) is 7.85. The van der Waals surface area contributed by atoms with Crippen molar-refractivity contribution in [2.24, 2.45) is 0 Å². The lowest BCUT2D eigenvalue weighted by molar-refractivity contribution is -0.126. The second kappa shape index (κ2) is 7.16. The molecule has 2 aliphatic rings. The Labute approximate surface area is 175 Å². The molecule has 1 fully saturated rings. The maximum absolute atomic E-state index is 13.5. The standard InChI is InChI=1S/C21H27N5O2S/c1-12(2)17-23-24-20(25(17)14-10-11-14)29-13(3)18(27)26-16-9-7-6-8-15(16)22-19(28)21(26,4)5/h6-9,12-14H,10-11H2,1-5H3,(H,22,28)/t13-/m0/s1. The first-order valence-corrected chi connectivity index (χ1v) is 11.0. The third kappa shape index (κ3) is 3.43. The third-order valence-corrected chi connectivity index (χ3v) is 6.52. The number of hydrogen-bond acceptors (Lipinski definition) is 5. The summed E-state index contributed by atoms with van der Waals surface area (Å²) in [6.07, 6.45) is 2.25. The van der Waals surface area contributed by atoms with E-state index < -0.39 is 10.8 Å². The number of anilines is 2. The molecule has 2 amide bonds. The quantitative estimate of drug-likeness (QED) is 0.750. The van der Waals surface area contributed by atoms with Gasteiger partial charge in [0.2, 0.25) is 11.8 Å². The Morgan fingerprint density at radius 3 is 2.55 bits per heavy atom. The number of fused-ring (bicyclic) bond motifs is 1. The average molecular weight is 414 g/mol. The van der Waals surface area contributed by atoms with E-state index in [0.29, 0.717) is 11.7 Å². The number of carbonyl (C=O) groups excluding carboxylic acids is 2. The van der Waals surface area contributed by atoms with Crippen LogP contribution in [0.4, 0.5) is 11.4 Å². The first kappa shape index (κ1) is 19.9. The minimum absolute atomic E-state index is 0.112. The Hall–Kier alpha value is -2.35. The lowest BCUT2D eigenvalue weighted by Gasteiger charge is -2.43. The Bertz CT molecular complexity index is 964. The van der Waals surface area contributed by atoms with Crippen LogP contribution in [0.5, 0.6) is 0 Å². The molecule has 0 radical (unpaired) electrons. The van der Waals surface area contributed by atoms with E-state index in [2.05, 4.69) is 33.9 Å². The third-order valence-electron chi connectivity index (χ3n) is 5.48. The second-order valence-corrected chi connectivity index (χ2v) is 9.87. The minimum atomic E-state index is -0.979. The molecule has 0 saturated heterocycles. The number of thioether (sulfide) groups is 1. The largest absolute Gasteiger partial charge is 0.322 e. The maximum atomic E-state index is 13.5. The predicted molar refractivity (Wildman–Crippen MR) is 114 cm³/mol. The number of benzene rings is 1. The highest BCUT2D eigenvalue weighted by molar-refractivity contribution is 8.00. The number of para-hydroxylation sites is 2. The van der Waals surface area contributed by atoms with Crippen LogP contribution in [-0.2, 0) is 9.59 Å². The van der Waals surface area contributed by atoms with Gasteiger partial charge in [0, 0.05) is 12.0 Å². The number of nitrogens with one attached hydrogen (secondary N) is 1. The lowest BCUT2D eigenvalue weighted by atomic mass is 9.96. The molecule has 0 spiro atoms. The van der Waals surface area contributed by atoms with Crippen molar-refractivity contribution in [1.82, 2.24) is 14.8 Å². The molecule has 4 rings (SSSR count). The van der Waals surface area contributed by atoms with Gasteiger partial charge in [0.15, 0.2) is 5.16 Å². The van der Waals surface area contributed by atoms with Crippen LogP contribution in [0.3, 0.4) is 0 Å². The van der Waals surface area contributed by atoms with Gasteiger partial charge in [-0.3, -0.25) is 14.5 Å². The van der Waals surface area contributed by atoms with Crippen LogP contribution < -0.4 is 10.2 Å². The van der Waals surface area contributed by atoms with Crippen LogP contribution in [0.15, 0.2) is 29.4 Å². The number of hydrogen-bond donors (Lipinski definition) is 1. The smallest absolute Gasteiger partial charge is 0.250 e. The Morgan fingerprint density at radius 2 is 1.90 bits per heavy atom.